The van der Waals surface area contributed by atoms with Gasteiger partial charge in [-0.2, -0.15) is 52.7 Å². The summed E-state index contributed by atoms with van der Waals surface area (Å²) in [5, 5.41) is 32.7. The number of hydrogen-bond acceptors (Lipinski definition) is 6. The van der Waals surface area contributed by atoms with Gasteiger partial charge in [-0.05, 0) is 302 Å². The van der Waals surface area contributed by atoms with Gasteiger partial charge in [0.25, 0.3) is 5.60 Å². The summed E-state index contributed by atoms with van der Waals surface area (Å²) in [7, 11) is 0.713. The number of aliphatic hydroxyl groups excluding tert-OH is 1. The SMILES string of the molecule is C.C.C.C.C.C.CC(O)(CC1CC2CC1C1C3CCC(C3)C21)C(F)(F)F.CO[Si](C)(C)c1ccccc1.CO[Si](C)(C)c1ccccc1.CO[Si](C)(C)c1ccccc1.OC(CC1CC2CC1C1C3CCC(C3)C21)(C(F)(F)F)C(F)(F)F.OC(CC1CC2CC1C1C3CCC(C3)C21)C(F)(F)F. The summed E-state index contributed by atoms with van der Waals surface area (Å²) in [6, 6.07) is 31.3. The van der Waals surface area contributed by atoms with Crippen LogP contribution in [0.1, 0.15) is 167 Å². The van der Waals surface area contributed by atoms with Crippen molar-refractivity contribution in [1.29, 1.82) is 0 Å². The van der Waals surface area contributed by atoms with E-state index in [1.807, 2.05) is 18.2 Å². The van der Waals surface area contributed by atoms with E-state index >= 15 is 0 Å². The summed E-state index contributed by atoms with van der Waals surface area (Å²) < 4.78 is 170. The van der Waals surface area contributed by atoms with Gasteiger partial charge >= 0.3 is 24.7 Å². The molecule has 582 valence electrons. The highest BCUT2D eigenvalue weighted by Gasteiger charge is 2.73. The second-order valence-corrected chi connectivity index (χ2v) is 45.0. The van der Waals surface area contributed by atoms with Crippen LogP contribution in [0.2, 0.25) is 39.3 Å². The van der Waals surface area contributed by atoms with Crippen molar-refractivity contribution in [3.63, 3.8) is 0 Å². The normalized spacial score (nSPS) is 34.5. The van der Waals surface area contributed by atoms with Gasteiger partial charge in [0.2, 0.25) is 25.0 Å². The van der Waals surface area contributed by atoms with Crippen LogP contribution in [0.3, 0.4) is 0 Å². The summed E-state index contributed by atoms with van der Waals surface area (Å²) in [4.78, 5) is 0. The fraction of sp³-hybridized carbons (Fsp3) is 0.775. The maximum absolute atomic E-state index is 12.9. The molecule has 21 heteroatoms. The Labute approximate surface area is 603 Å². The molecule has 3 aromatic carbocycles. The number of aliphatic hydroxyl groups is 3. The minimum absolute atomic E-state index is 0. The summed E-state index contributed by atoms with van der Waals surface area (Å²) in [5.41, 5.74) is -7.07. The summed E-state index contributed by atoms with van der Waals surface area (Å²) >= 11 is 0. The summed E-state index contributed by atoms with van der Waals surface area (Å²) in [5.74, 6) is 10.5. The van der Waals surface area contributed by atoms with Crippen molar-refractivity contribution in [2.24, 2.45) is 124 Å². The third-order valence-corrected chi connectivity index (χ3v) is 35.5. The van der Waals surface area contributed by atoms with E-state index in [-0.39, 0.29) is 81.1 Å². The first-order chi connectivity index (χ1) is 44.3. The Bertz CT molecular complexity index is 2830. The van der Waals surface area contributed by atoms with Gasteiger partial charge in [-0.25, -0.2) is 0 Å². The zero-order valence-electron chi connectivity index (χ0n) is 57.2. The molecule has 3 N–H and O–H groups in total. The second-order valence-electron chi connectivity index (χ2n) is 33.0. The first-order valence-corrected chi connectivity index (χ1v) is 44.2. The van der Waals surface area contributed by atoms with Gasteiger partial charge in [-0.3, -0.25) is 0 Å². The van der Waals surface area contributed by atoms with Crippen LogP contribution < -0.4 is 15.6 Å². The molecule has 0 radical (unpaired) electrons. The molecule has 0 spiro atoms. The van der Waals surface area contributed by atoms with E-state index in [0.717, 1.165) is 87.4 Å². The van der Waals surface area contributed by atoms with Gasteiger partial charge in [0.1, 0.15) is 6.10 Å². The zero-order chi connectivity index (χ0) is 69.4. The molecule has 12 saturated carbocycles. The predicted octanol–water partition coefficient (Wildman–Crippen LogP) is 21.2. The molecule has 0 aliphatic heterocycles. The Morgan fingerprint density at radius 2 is 0.624 bits per heavy atom. The minimum Gasteiger partial charge on any atom is -0.416 e. The topological polar surface area (TPSA) is 88.4 Å². The molecule has 12 bridgehead atoms. The maximum Gasteiger partial charge on any atom is 0.426 e. The van der Waals surface area contributed by atoms with E-state index in [1.54, 1.807) is 21.3 Å². The first kappa shape index (κ1) is 90.6. The van der Waals surface area contributed by atoms with E-state index in [4.69, 9.17) is 13.3 Å². The molecule has 0 aromatic heterocycles. The van der Waals surface area contributed by atoms with Crippen LogP contribution >= 0.6 is 0 Å². The lowest BCUT2D eigenvalue weighted by molar-refractivity contribution is -0.373. The van der Waals surface area contributed by atoms with Crippen LogP contribution in [-0.4, -0.2) is 104 Å². The largest absolute Gasteiger partial charge is 0.426 e. The average molecular weight is 1500 g/mol. The standard InChI is InChI=1S/C16H20F6O.C16H23F3O.C15H21F3O.3C9H14OSi.6CH4/c17-15(18,19)14(23,16(20,21)22)6-10-4-9-5-11(10)13-8-2-1-7(3-8)12(9)13;1-15(20,16(17,18)19)7-11-5-10-6-12(11)14-9-3-2-8(4-9)13(10)14;16-15(17,18)12(19)6-9-4-10-5-11(9)14-8-2-1-7(3-8)13(10)14;3*1-10-11(2,3)9-7-5-4-6-8-9;;;;;;/h7-13,23H,1-6H2;8-14,20H,2-7H2,1H3;7-14,19H,1-6H2;3*4-8H,1-3H3;6*1H4. The van der Waals surface area contributed by atoms with Crippen LogP contribution in [0.25, 0.3) is 0 Å². The lowest BCUT2D eigenvalue weighted by Crippen LogP contribution is -2.58. The number of fused-ring (bicyclic) bond motifs is 27. The smallest absolute Gasteiger partial charge is 0.416 e. The van der Waals surface area contributed by atoms with Crippen LogP contribution in [0, 0.1) is 124 Å². The third-order valence-electron chi connectivity index (χ3n) is 27.2. The fourth-order valence-electron chi connectivity index (χ4n) is 22.5. The van der Waals surface area contributed by atoms with Gasteiger partial charge in [-0.15, -0.1) is 0 Å². The first-order valence-electron chi connectivity index (χ1n) is 35.5. The lowest BCUT2D eigenvalue weighted by atomic mass is 9.65. The minimum atomic E-state index is -5.68. The third kappa shape index (κ3) is 18.5. The highest BCUT2D eigenvalue weighted by Crippen LogP contribution is 2.72. The summed E-state index contributed by atoms with van der Waals surface area (Å²) in [6.07, 6.45) is -7.02. The van der Waals surface area contributed by atoms with Crippen molar-refractivity contribution in [2.75, 3.05) is 21.3 Å². The predicted molar refractivity (Wildman–Crippen MR) is 394 cm³/mol. The monoisotopic (exact) mass is 1500 g/mol. The van der Waals surface area contributed by atoms with Crippen LogP contribution in [-0.2, 0) is 13.3 Å². The molecule has 12 fully saturated rings. The molecule has 23 unspecified atom stereocenters. The number of benzene rings is 3. The molecule has 23 atom stereocenters. The van der Waals surface area contributed by atoms with E-state index in [0.29, 0.717) is 65.6 Å². The Balaban J connectivity index is 0.000000260. The van der Waals surface area contributed by atoms with Crippen LogP contribution in [0.15, 0.2) is 91.0 Å². The Hall–Kier alpha value is -2.77. The van der Waals surface area contributed by atoms with Gasteiger partial charge in [0.15, 0.2) is 5.60 Å². The fourth-order valence-corrected chi connectivity index (χ4v) is 26.2. The quantitative estimate of drug-likeness (QED) is 0.0951. The molecule has 12 aliphatic rings. The molecule has 3 aromatic rings. The number of rotatable bonds is 12. The molecular weight excluding hydrogens is 1370 g/mol. The number of halogens is 12. The number of alkyl halides is 12. The molecule has 6 nitrogen and oxygen atoms in total. The van der Waals surface area contributed by atoms with Gasteiger partial charge in [0, 0.05) is 21.3 Å². The molecule has 0 amide bonds. The van der Waals surface area contributed by atoms with Crippen molar-refractivity contribution < 1.29 is 81.3 Å². The van der Waals surface area contributed by atoms with Gasteiger partial charge in [0.05, 0.1) is 0 Å². The van der Waals surface area contributed by atoms with Crippen molar-refractivity contribution in [1.82, 2.24) is 0 Å². The van der Waals surface area contributed by atoms with Crippen molar-refractivity contribution in [3.8, 4) is 0 Å². The highest BCUT2D eigenvalue weighted by molar-refractivity contribution is 6.85. The molecular formula is C80H130F12O6Si3. The molecule has 12 aliphatic carbocycles. The Kier molecular flexibility index (Phi) is 30.7. The van der Waals surface area contributed by atoms with Gasteiger partial charge in [-0.1, -0.05) is 136 Å². The summed E-state index contributed by atoms with van der Waals surface area (Å²) in [6.45, 7) is 14.1. The van der Waals surface area contributed by atoms with Crippen molar-refractivity contribution in [2.45, 2.75) is 248 Å². The van der Waals surface area contributed by atoms with E-state index in [9.17, 15) is 68.0 Å². The van der Waals surface area contributed by atoms with Crippen LogP contribution in [0.4, 0.5) is 52.7 Å². The molecule has 15 rings (SSSR count). The molecule has 0 heterocycles. The zero-order valence-corrected chi connectivity index (χ0v) is 60.2. The lowest BCUT2D eigenvalue weighted by Gasteiger charge is -2.42. The van der Waals surface area contributed by atoms with Crippen LogP contribution in [0.5, 0.6) is 0 Å². The van der Waals surface area contributed by atoms with E-state index in [2.05, 4.69) is 112 Å². The van der Waals surface area contributed by atoms with E-state index < -0.39 is 79.3 Å². The number of hydrogen-bond donors (Lipinski definition) is 3. The Morgan fingerprint density at radius 1 is 0.366 bits per heavy atom. The molecule has 0 saturated heterocycles. The Morgan fingerprint density at radius 3 is 0.881 bits per heavy atom. The maximum atomic E-state index is 12.9. The van der Waals surface area contributed by atoms with Crippen molar-refractivity contribution >= 4 is 40.5 Å². The van der Waals surface area contributed by atoms with E-state index in [1.165, 1.54) is 60.5 Å². The second kappa shape index (κ2) is 34.2. The van der Waals surface area contributed by atoms with Crippen molar-refractivity contribution in [3.05, 3.63) is 91.0 Å². The average Bonchev–Trinajstić information content (AvgIpc) is 1.55. The van der Waals surface area contributed by atoms with Gasteiger partial charge < -0.3 is 28.6 Å². The highest BCUT2D eigenvalue weighted by atomic mass is 28.4. The molecule has 101 heavy (non-hydrogen) atoms.